The molecular weight excluding hydrogens is 260 g/mol. The van der Waals surface area contributed by atoms with Gasteiger partial charge in [0.25, 0.3) is 0 Å². The van der Waals surface area contributed by atoms with Crippen molar-refractivity contribution in [3.63, 3.8) is 0 Å². The molecule has 1 amide bonds. The van der Waals surface area contributed by atoms with Gasteiger partial charge in [-0.3, -0.25) is 4.79 Å². The molecule has 1 fully saturated rings. The van der Waals surface area contributed by atoms with Crippen LogP contribution in [0.25, 0.3) is 0 Å². The zero-order valence-electron chi connectivity index (χ0n) is 14.3. The summed E-state index contributed by atoms with van der Waals surface area (Å²) < 4.78 is 0.953. The molecule has 0 aliphatic carbocycles. The van der Waals surface area contributed by atoms with E-state index < -0.39 is 0 Å². The van der Waals surface area contributed by atoms with E-state index in [2.05, 4.69) is 45.0 Å². The molecule has 2 aliphatic rings. The molecule has 0 radical (unpaired) electrons. The number of likely N-dealkylation sites (tertiary alicyclic amines) is 1. The lowest BCUT2D eigenvalue weighted by atomic mass is 9.87. The molecule has 0 aromatic carbocycles. The second-order valence-corrected chi connectivity index (χ2v) is 7.72. The Balaban J connectivity index is 2.22. The van der Waals surface area contributed by atoms with Crippen LogP contribution in [-0.2, 0) is 4.79 Å². The minimum absolute atomic E-state index is 0.0561. The van der Waals surface area contributed by atoms with Crippen LogP contribution in [0.2, 0.25) is 0 Å². The molecule has 3 heteroatoms. The van der Waals surface area contributed by atoms with Gasteiger partial charge in [0.2, 0.25) is 5.91 Å². The summed E-state index contributed by atoms with van der Waals surface area (Å²) in [5.74, 6) is 0.948. The number of quaternary nitrogens is 1. The van der Waals surface area contributed by atoms with Crippen LogP contribution >= 0.6 is 0 Å². The number of nitrogens with zero attached hydrogens (tertiary/aromatic N) is 2. The van der Waals surface area contributed by atoms with Crippen molar-refractivity contribution in [2.75, 3.05) is 33.7 Å². The summed E-state index contributed by atoms with van der Waals surface area (Å²) in [5, 5.41) is 0. The van der Waals surface area contributed by atoms with Crippen LogP contribution in [0, 0.1) is 11.8 Å². The van der Waals surface area contributed by atoms with Crippen LogP contribution in [0.15, 0.2) is 12.2 Å². The monoisotopic (exact) mass is 293 g/mol. The fraction of sp³-hybridized carbons (Fsp3) is 0.833. The van der Waals surface area contributed by atoms with Crippen LogP contribution in [0.1, 0.15) is 46.0 Å². The first-order valence-corrected chi connectivity index (χ1v) is 8.71. The van der Waals surface area contributed by atoms with Crippen molar-refractivity contribution in [2.24, 2.45) is 11.8 Å². The maximum atomic E-state index is 13.1. The zero-order chi connectivity index (χ0) is 15.5. The van der Waals surface area contributed by atoms with Crippen LogP contribution in [0.5, 0.6) is 0 Å². The fourth-order valence-corrected chi connectivity index (χ4v) is 4.30. The molecule has 0 spiro atoms. The van der Waals surface area contributed by atoms with Gasteiger partial charge < -0.3 is 9.38 Å². The van der Waals surface area contributed by atoms with Crippen LogP contribution in [0.4, 0.5) is 0 Å². The molecular formula is C18H33N2O+. The van der Waals surface area contributed by atoms with Gasteiger partial charge in [0.1, 0.15) is 12.0 Å². The Morgan fingerprint density at radius 1 is 1.14 bits per heavy atom. The van der Waals surface area contributed by atoms with E-state index in [1.54, 1.807) is 0 Å². The number of hydrogen-bond acceptors (Lipinski definition) is 1. The average molecular weight is 293 g/mol. The average Bonchev–Trinajstić information content (AvgIpc) is 2.76. The van der Waals surface area contributed by atoms with Crippen LogP contribution < -0.4 is 0 Å². The lowest BCUT2D eigenvalue weighted by Gasteiger charge is -2.43. The summed E-state index contributed by atoms with van der Waals surface area (Å²) in [4.78, 5) is 15.3. The summed E-state index contributed by atoms with van der Waals surface area (Å²) in [6, 6.07) is 0.388. The Labute approximate surface area is 130 Å². The highest BCUT2D eigenvalue weighted by molar-refractivity contribution is 5.81. The maximum absolute atomic E-state index is 13.1. The third kappa shape index (κ3) is 3.88. The van der Waals surface area contributed by atoms with Crippen molar-refractivity contribution in [1.29, 1.82) is 0 Å². The predicted molar refractivity (Wildman–Crippen MR) is 87.9 cm³/mol. The molecule has 1 saturated heterocycles. The number of amides is 1. The van der Waals surface area contributed by atoms with Crippen molar-refractivity contribution in [3.8, 4) is 0 Å². The van der Waals surface area contributed by atoms with E-state index in [4.69, 9.17) is 0 Å². The van der Waals surface area contributed by atoms with Crippen molar-refractivity contribution in [3.05, 3.63) is 12.2 Å². The largest absolute Gasteiger partial charge is 0.342 e. The summed E-state index contributed by atoms with van der Waals surface area (Å²) in [7, 11) is 4.58. The lowest BCUT2D eigenvalue weighted by Crippen LogP contribution is -2.57. The Morgan fingerprint density at radius 2 is 1.76 bits per heavy atom. The number of carbonyl (C=O) groups excluding carboxylic acids is 1. The predicted octanol–water partition coefficient (Wildman–Crippen LogP) is 3.07. The first-order valence-electron chi connectivity index (χ1n) is 8.71. The van der Waals surface area contributed by atoms with Gasteiger partial charge >= 0.3 is 0 Å². The van der Waals surface area contributed by atoms with E-state index in [-0.39, 0.29) is 5.92 Å². The molecule has 120 valence electrons. The summed E-state index contributed by atoms with van der Waals surface area (Å²) in [5.41, 5.74) is 0. The van der Waals surface area contributed by atoms with Gasteiger partial charge in [0, 0.05) is 25.4 Å². The van der Waals surface area contributed by atoms with Gasteiger partial charge in [0.05, 0.1) is 20.6 Å². The van der Waals surface area contributed by atoms with Crippen LogP contribution in [0.3, 0.4) is 0 Å². The van der Waals surface area contributed by atoms with E-state index in [0.717, 1.165) is 30.5 Å². The smallest absolute Gasteiger partial charge is 0.235 e. The fourth-order valence-electron chi connectivity index (χ4n) is 4.30. The summed E-state index contributed by atoms with van der Waals surface area (Å²) >= 11 is 0. The maximum Gasteiger partial charge on any atom is 0.235 e. The minimum atomic E-state index is 0.0561. The molecule has 2 unspecified atom stereocenters. The molecule has 2 aliphatic heterocycles. The van der Waals surface area contributed by atoms with Gasteiger partial charge in [-0.2, -0.15) is 0 Å². The third-order valence-electron chi connectivity index (χ3n) is 5.28. The Kier molecular flexibility index (Phi) is 5.48. The van der Waals surface area contributed by atoms with E-state index in [1.165, 1.54) is 25.7 Å². The van der Waals surface area contributed by atoms with E-state index in [9.17, 15) is 4.79 Å². The highest BCUT2D eigenvalue weighted by atomic mass is 16.2. The van der Waals surface area contributed by atoms with E-state index in [1.807, 2.05) is 0 Å². The van der Waals surface area contributed by atoms with Gasteiger partial charge in [-0.1, -0.05) is 38.8 Å². The first-order chi connectivity index (χ1) is 9.93. The standard InChI is InChI=1S/C18H33N2O/c1-15(2)17-16(11-7-10-14-20(17,3)4)18(21)19-12-8-5-6-9-13-19/h7,11,15-17H,5-6,8-10,12-14H2,1-4H3/q+1. The summed E-state index contributed by atoms with van der Waals surface area (Å²) in [6.07, 6.45) is 10.4. The van der Waals surface area contributed by atoms with Gasteiger partial charge in [-0.25, -0.2) is 0 Å². The SMILES string of the molecule is CC(C)C1C(C(=O)N2CCCCCC2)C=CCC[N+]1(C)C. The van der Waals surface area contributed by atoms with Gasteiger partial charge in [0.15, 0.2) is 0 Å². The van der Waals surface area contributed by atoms with Crippen molar-refractivity contribution >= 4 is 5.91 Å². The number of carbonyl (C=O) groups is 1. The first kappa shape index (κ1) is 16.5. The molecule has 0 aromatic heterocycles. The second kappa shape index (κ2) is 6.95. The lowest BCUT2D eigenvalue weighted by molar-refractivity contribution is -0.919. The second-order valence-electron chi connectivity index (χ2n) is 7.72. The Hall–Kier alpha value is -0.830. The van der Waals surface area contributed by atoms with Gasteiger partial charge in [-0.15, -0.1) is 0 Å². The molecule has 0 aromatic rings. The molecule has 2 heterocycles. The Bertz CT molecular complexity index is 379. The van der Waals surface area contributed by atoms with E-state index in [0.29, 0.717) is 17.9 Å². The molecule has 0 N–H and O–H groups in total. The molecule has 2 rings (SSSR count). The highest BCUT2D eigenvalue weighted by Crippen LogP contribution is 2.30. The number of rotatable bonds is 2. The molecule has 0 bridgehead atoms. The molecule has 0 saturated carbocycles. The minimum Gasteiger partial charge on any atom is -0.342 e. The third-order valence-corrected chi connectivity index (χ3v) is 5.28. The molecule has 21 heavy (non-hydrogen) atoms. The topological polar surface area (TPSA) is 20.3 Å². The Morgan fingerprint density at radius 3 is 2.33 bits per heavy atom. The highest BCUT2D eigenvalue weighted by Gasteiger charge is 2.42. The van der Waals surface area contributed by atoms with Crippen LogP contribution in [-0.4, -0.2) is 55.1 Å². The molecule has 2 atom stereocenters. The normalized spacial score (nSPS) is 30.0. The zero-order valence-corrected chi connectivity index (χ0v) is 14.3. The van der Waals surface area contributed by atoms with Crippen molar-refractivity contribution in [1.82, 2.24) is 4.90 Å². The van der Waals surface area contributed by atoms with Crippen molar-refractivity contribution < 1.29 is 9.28 Å². The van der Waals surface area contributed by atoms with Crippen molar-refractivity contribution in [2.45, 2.75) is 52.0 Å². The summed E-state index contributed by atoms with van der Waals surface area (Å²) in [6.45, 7) is 7.59. The number of hydrogen-bond donors (Lipinski definition) is 0. The molecule has 3 nitrogen and oxygen atoms in total. The van der Waals surface area contributed by atoms with Gasteiger partial charge in [-0.05, 0) is 12.8 Å². The van der Waals surface area contributed by atoms with E-state index >= 15 is 0 Å². The quantitative estimate of drug-likeness (QED) is 0.566.